The molecule has 17 heavy (non-hydrogen) atoms. The SMILES string of the molecule is O=C(NC1(CCl)CC1)C(C(F)(F)F)C(F)(F)F. The van der Waals surface area contributed by atoms with Gasteiger partial charge < -0.3 is 5.32 Å². The molecule has 0 bridgehead atoms. The Morgan fingerprint density at radius 2 is 1.59 bits per heavy atom. The molecule has 0 unspecified atom stereocenters. The van der Waals surface area contributed by atoms with Crippen LogP contribution in [0.4, 0.5) is 26.3 Å². The van der Waals surface area contributed by atoms with Gasteiger partial charge >= 0.3 is 12.4 Å². The molecule has 0 radical (unpaired) electrons. The van der Waals surface area contributed by atoms with Crippen LogP contribution >= 0.6 is 11.6 Å². The Hall–Kier alpha value is -0.660. The van der Waals surface area contributed by atoms with E-state index in [1.807, 2.05) is 0 Å². The standard InChI is InChI=1S/C8H8ClF6NO/c9-3-6(1-2-6)16-5(17)4(7(10,11)12)8(13,14)15/h4H,1-3H2,(H,16,17). The van der Waals surface area contributed by atoms with Gasteiger partial charge in [-0.05, 0) is 12.8 Å². The lowest BCUT2D eigenvalue weighted by molar-refractivity contribution is -0.274. The molecular formula is C8H8ClF6NO. The summed E-state index contributed by atoms with van der Waals surface area (Å²) in [5, 5.41) is 1.72. The molecule has 100 valence electrons. The van der Waals surface area contributed by atoms with Crippen molar-refractivity contribution in [2.75, 3.05) is 5.88 Å². The quantitative estimate of drug-likeness (QED) is 0.626. The predicted molar refractivity (Wildman–Crippen MR) is 46.4 cm³/mol. The lowest BCUT2D eigenvalue weighted by Gasteiger charge is -2.24. The maximum atomic E-state index is 12.2. The molecule has 0 aromatic rings. The van der Waals surface area contributed by atoms with E-state index in [9.17, 15) is 31.1 Å². The maximum Gasteiger partial charge on any atom is 0.409 e. The molecule has 1 fully saturated rings. The van der Waals surface area contributed by atoms with Crippen LogP contribution in [0.2, 0.25) is 0 Å². The van der Waals surface area contributed by atoms with Gasteiger partial charge in [0.15, 0.2) is 0 Å². The topological polar surface area (TPSA) is 29.1 Å². The second kappa shape index (κ2) is 4.22. The third-order valence-corrected chi connectivity index (χ3v) is 2.93. The molecule has 1 aliphatic carbocycles. The summed E-state index contributed by atoms with van der Waals surface area (Å²) in [6.45, 7) is 0. The van der Waals surface area contributed by atoms with Gasteiger partial charge in [0.05, 0.1) is 5.54 Å². The summed E-state index contributed by atoms with van der Waals surface area (Å²) in [5.74, 6) is -6.31. The van der Waals surface area contributed by atoms with E-state index in [0.29, 0.717) is 0 Å². The van der Waals surface area contributed by atoms with E-state index in [-0.39, 0.29) is 18.7 Å². The Bertz CT molecular complexity index is 294. The molecule has 2 nitrogen and oxygen atoms in total. The second-order valence-electron chi connectivity index (χ2n) is 3.92. The first kappa shape index (κ1) is 14.4. The molecule has 0 heterocycles. The lowest BCUT2D eigenvalue weighted by atomic mass is 10.1. The van der Waals surface area contributed by atoms with Crippen LogP contribution in [0.3, 0.4) is 0 Å². The molecule has 1 rings (SSSR count). The van der Waals surface area contributed by atoms with Gasteiger partial charge in [-0.15, -0.1) is 11.6 Å². The summed E-state index contributed by atoms with van der Waals surface area (Å²) in [6, 6.07) is 0. The van der Waals surface area contributed by atoms with Gasteiger partial charge in [-0.25, -0.2) is 0 Å². The molecule has 0 saturated heterocycles. The first-order valence-corrected chi connectivity index (χ1v) is 5.07. The highest BCUT2D eigenvalue weighted by molar-refractivity contribution is 6.19. The number of carbonyl (C=O) groups is 1. The van der Waals surface area contributed by atoms with Gasteiger partial charge in [0.25, 0.3) is 0 Å². The zero-order valence-corrected chi connectivity index (χ0v) is 9.01. The zero-order chi connectivity index (χ0) is 13.5. The maximum absolute atomic E-state index is 12.2. The Labute approximate surface area is 97.3 Å². The molecule has 0 aliphatic heterocycles. The number of nitrogens with one attached hydrogen (secondary N) is 1. The largest absolute Gasteiger partial charge is 0.409 e. The summed E-state index contributed by atoms with van der Waals surface area (Å²) in [5.41, 5.74) is -1.10. The Morgan fingerprint density at radius 1 is 1.18 bits per heavy atom. The summed E-state index contributed by atoms with van der Waals surface area (Å²) in [4.78, 5) is 11.0. The Morgan fingerprint density at radius 3 is 1.82 bits per heavy atom. The van der Waals surface area contributed by atoms with E-state index in [1.165, 1.54) is 0 Å². The molecule has 1 aliphatic rings. The van der Waals surface area contributed by atoms with Crippen LogP contribution in [0.15, 0.2) is 0 Å². The van der Waals surface area contributed by atoms with Crippen molar-refractivity contribution in [1.29, 1.82) is 0 Å². The summed E-state index contributed by atoms with van der Waals surface area (Å²) >= 11 is 5.36. The fourth-order valence-corrected chi connectivity index (χ4v) is 1.59. The predicted octanol–water partition coefficient (Wildman–Crippen LogP) is 2.61. The number of rotatable bonds is 3. The second-order valence-corrected chi connectivity index (χ2v) is 4.19. The molecule has 0 aromatic carbocycles. The number of carbonyl (C=O) groups excluding carboxylic acids is 1. The van der Waals surface area contributed by atoms with Crippen LogP contribution in [0.5, 0.6) is 0 Å². The molecule has 1 saturated carbocycles. The van der Waals surface area contributed by atoms with Crippen LogP contribution in [0.1, 0.15) is 12.8 Å². The van der Waals surface area contributed by atoms with Gasteiger partial charge in [0.2, 0.25) is 11.8 Å². The first-order chi connectivity index (χ1) is 7.52. The lowest BCUT2D eigenvalue weighted by Crippen LogP contribution is -2.51. The average Bonchev–Trinajstić information content (AvgIpc) is 2.79. The third kappa shape index (κ3) is 3.40. The van der Waals surface area contributed by atoms with E-state index in [0.717, 1.165) is 0 Å². The van der Waals surface area contributed by atoms with Crippen LogP contribution < -0.4 is 5.32 Å². The number of alkyl halides is 7. The number of halogens is 7. The average molecular weight is 284 g/mol. The van der Waals surface area contributed by atoms with E-state index >= 15 is 0 Å². The molecule has 0 aromatic heterocycles. The first-order valence-electron chi connectivity index (χ1n) is 4.53. The van der Waals surface area contributed by atoms with Gasteiger partial charge in [0.1, 0.15) is 0 Å². The van der Waals surface area contributed by atoms with Gasteiger partial charge in [-0.1, -0.05) is 0 Å². The minimum Gasteiger partial charge on any atom is -0.349 e. The van der Waals surface area contributed by atoms with Crippen LogP contribution in [0, 0.1) is 5.92 Å². The summed E-state index contributed by atoms with van der Waals surface area (Å²) < 4.78 is 72.9. The van der Waals surface area contributed by atoms with E-state index < -0.39 is 29.7 Å². The molecule has 1 amide bonds. The molecule has 0 atom stereocenters. The van der Waals surface area contributed by atoms with Gasteiger partial charge in [-0.3, -0.25) is 4.79 Å². The highest BCUT2D eigenvalue weighted by atomic mass is 35.5. The highest BCUT2D eigenvalue weighted by Crippen LogP contribution is 2.42. The molecule has 0 spiro atoms. The molecule has 9 heteroatoms. The normalized spacial score (nSPS) is 19.3. The van der Waals surface area contributed by atoms with Crippen molar-refractivity contribution in [1.82, 2.24) is 5.32 Å². The van der Waals surface area contributed by atoms with Crippen molar-refractivity contribution in [3.63, 3.8) is 0 Å². The minimum absolute atomic E-state index is 0.207. The fraction of sp³-hybridized carbons (Fsp3) is 0.875. The van der Waals surface area contributed by atoms with Gasteiger partial charge in [0, 0.05) is 5.88 Å². The van der Waals surface area contributed by atoms with Crippen molar-refractivity contribution in [2.24, 2.45) is 5.92 Å². The van der Waals surface area contributed by atoms with Crippen molar-refractivity contribution in [3.05, 3.63) is 0 Å². The molecular weight excluding hydrogens is 276 g/mol. The Balaban J connectivity index is 2.82. The number of hydrogen-bond acceptors (Lipinski definition) is 1. The fourth-order valence-electron chi connectivity index (χ4n) is 1.26. The van der Waals surface area contributed by atoms with Crippen LogP contribution in [0.25, 0.3) is 0 Å². The molecule has 1 N–H and O–H groups in total. The van der Waals surface area contributed by atoms with Gasteiger partial charge in [-0.2, -0.15) is 26.3 Å². The minimum atomic E-state index is -5.66. The summed E-state index contributed by atoms with van der Waals surface area (Å²) in [6.07, 6.45) is -10.8. The Kier molecular flexibility index (Phi) is 3.58. The monoisotopic (exact) mass is 283 g/mol. The van der Waals surface area contributed by atoms with Crippen molar-refractivity contribution in [3.8, 4) is 0 Å². The van der Waals surface area contributed by atoms with Crippen LogP contribution in [-0.2, 0) is 4.79 Å². The van der Waals surface area contributed by atoms with Crippen LogP contribution in [-0.4, -0.2) is 29.7 Å². The summed E-state index contributed by atoms with van der Waals surface area (Å²) in [7, 11) is 0. The van der Waals surface area contributed by atoms with Crippen molar-refractivity contribution in [2.45, 2.75) is 30.7 Å². The number of hydrogen-bond donors (Lipinski definition) is 1. The third-order valence-electron chi connectivity index (χ3n) is 2.41. The smallest absolute Gasteiger partial charge is 0.349 e. The van der Waals surface area contributed by atoms with E-state index in [2.05, 4.69) is 0 Å². The number of amides is 1. The zero-order valence-electron chi connectivity index (χ0n) is 8.25. The highest BCUT2D eigenvalue weighted by Gasteiger charge is 2.62. The van der Waals surface area contributed by atoms with E-state index in [4.69, 9.17) is 11.6 Å². The van der Waals surface area contributed by atoms with E-state index in [1.54, 1.807) is 5.32 Å². The van der Waals surface area contributed by atoms with Crippen molar-refractivity contribution >= 4 is 17.5 Å². The van der Waals surface area contributed by atoms with Crippen molar-refractivity contribution < 1.29 is 31.1 Å².